The van der Waals surface area contributed by atoms with E-state index in [2.05, 4.69) is 15.6 Å². The summed E-state index contributed by atoms with van der Waals surface area (Å²) >= 11 is 1.22. The summed E-state index contributed by atoms with van der Waals surface area (Å²) in [6.07, 6.45) is 0. The average molecular weight is 359 g/mol. The number of rotatable bonds is 5. The summed E-state index contributed by atoms with van der Waals surface area (Å²) in [5.41, 5.74) is 2.10. The fourth-order valence-electron chi connectivity index (χ4n) is 2.18. The Morgan fingerprint density at radius 3 is 2.28 bits per heavy atom. The largest absolute Gasteiger partial charge is 0.347 e. The second-order valence-electron chi connectivity index (χ2n) is 5.37. The molecule has 25 heavy (non-hydrogen) atoms. The van der Waals surface area contributed by atoms with Crippen molar-refractivity contribution in [3.63, 3.8) is 0 Å². The SMILES string of the molecule is Cc1nc(Nc2ccc(F)cc2)sc1C(=O)NCc1ccc(F)cc1. The zero-order valence-corrected chi connectivity index (χ0v) is 14.2. The summed E-state index contributed by atoms with van der Waals surface area (Å²) < 4.78 is 25.8. The van der Waals surface area contributed by atoms with Crippen LogP contribution in [-0.2, 0) is 6.54 Å². The first-order valence-corrected chi connectivity index (χ1v) is 8.35. The number of nitrogens with zero attached hydrogens (tertiary/aromatic N) is 1. The molecule has 2 aromatic carbocycles. The highest BCUT2D eigenvalue weighted by Gasteiger charge is 2.15. The molecule has 7 heteroatoms. The van der Waals surface area contributed by atoms with E-state index in [1.165, 1.54) is 35.6 Å². The van der Waals surface area contributed by atoms with Gasteiger partial charge in [-0.25, -0.2) is 13.8 Å². The molecule has 0 spiro atoms. The Hall–Kier alpha value is -2.80. The van der Waals surface area contributed by atoms with E-state index in [0.29, 0.717) is 27.9 Å². The van der Waals surface area contributed by atoms with Gasteiger partial charge in [-0.05, 0) is 48.9 Å². The Kier molecular flexibility index (Phi) is 5.04. The number of benzene rings is 2. The quantitative estimate of drug-likeness (QED) is 0.710. The lowest BCUT2D eigenvalue weighted by atomic mass is 10.2. The van der Waals surface area contributed by atoms with Crippen LogP contribution < -0.4 is 10.6 Å². The van der Waals surface area contributed by atoms with Gasteiger partial charge in [0.05, 0.1) is 5.69 Å². The van der Waals surface area contributed by atoms with Crippen molar-refractivity contribution in [3.05, 3.63) is 76.3 Å². The van der Waals surface area contributed by atoms with E-state index >= 15 is 0 Å². The van der Waals surface area contributed by atoms with Gasteiger partial charge in [0.25, 0.3) is 5.91 Å². The average Bonchev–Trinajstić information content (AvgIpc) is 2.96. The lowest BCUT2D eigenvalue weighted by Crippen LogP contribution is -2.22. The molecule has 2 N–H and O–H groups in total. The first-order valence-electron chi connectivity index (χ1n) is 7.54. The van der Waals surface area contributed by atoms with Crippen molar-refractivity contribution < 1.29 is 13.6 Å². The number of amides is 1. The summed E-state index contributed by atoms with van der Waals surface area (Å²) in [6, 6.07) is 11.8. The zero-order chi connectivity index (χ0) is 17.8. The minimum atomic E-state index is -0.318. The Morgan fingerprint density at radius 2 is 1.64 bits per heavy atom. The van der Waals surface area contributed by atoms with Gasteiger partial charge in [0, 0.05) is 12.2 Å². The van der Waals surface area contributed by atoms with E-state index in [1.807, 2.05) is 0 Å². The molecule has 4 nitrogen and oxygen atoms in total. The Labute approximate surface area is 147 Å². The molecule has 0 radical (unpaired) electrons. The fraction of sp³-hybridized carbons (Fsp3) is 0.111. The number of thiazole rings is 1. The number of hydrogen-bond donors (Lipinski definition) is 2. The van der Waals surface area contributed by atoms with Crippen molar-refractivity contribution in [3.8, 4) is 0 Å². The number of nitrogens with one attached hydrogen (secondary N) is 2. The number of carbonyl (C=O) groups excluding carboxylic acids is 1. The van der Waals surface area contributed by atoms with Crippen LogP contribution in [0.5, 0.6) is 0 Å². The van der Waals surface area contributed by atoms with Crippen LogP contribution in [0.1, 0.15) is 20.9 Å². The second-order valence-corrected chi connectivity index (χ2v) is 6.37. The molecule has 0 atom stereocenters. The standard InChI is InChI=1S/C18H15F2N3OS/c1-11-16(17(24)21-10-12-2-4-13(19)5-3-12)25-18(22-11)23-15-8-6-14(20)7-9-15/h2-9H,10H2,1H3,(H,21,24)(H,22,23). The van der Waals surface area contributed by atoms with Crippen LogP contribution in [0.3, 0.4) is 0 Å². The summed E-state index contributed by atoms with van der Waals surface area (Å²) in [5, 5.41) is 6.39. The zero-order valence-electron chi connectivity index (χ0n) is 13.3. The first-order chi connectivity index (χ1) is 12.0. The minimum absolute atomic E-state index is 0.244. The Bertz CT molecular complexity index is 876. The maximum Gasteiger partial charge on any atom is 0.263 e. The van der Waals surface area contributed by atoms with E-state index < -0.39 is 0 Å². The predicted molar refractivity (Wildman–Crippen MR) is 94.1 cm³/mol. The maximum atomic E-state index is 12.9. The van der Waals surface area contributed by atoms with Crippen molar-refractivity contribution in [1.82, 2.24) is 10.3 Å². The minimum Gasteiger partial charge on any atom is -0.347 e. The van der Waals surface area contributed by atoms with Crippen molar-refractivity contribution in [1.29, 1.82) is 0 Å². The van der Waals surface area contributed by atoms with Gasteiger partial charge < -0.3 is 10.6 Å². The molecule has 0 aliphatic heterocycles. The smallest absolute Gasteiger partial charge is 0.263 e. The molecule has 1 aromatic heterocycles. The number of halogens is 2. The molecule has 0 fully saturated rings. The van der Waals surface area contributed by atoms with E-state index in [1.54, 1.807) is 31.2 Å². The molecule has 3 aromatic rings. The van der Waals surface area contributed by atoms with Gasteiger partial charge in [-0.3, -0.25) is 4.79 Å². The lowest BCUT2D eigenvalue weighted by molar-refractivity contribution is 0.0954. The van der Waals surface area contributed by atoms with Gasteiger partial charge in [0.15, 0.2) is 5.13 Å². The monoisotopic (exact) mass is 359 g/mol. The van der Waals surface area contributed by atoms with Crippen LogP contribution >= 0.6 is 11.3 Å². The molecule has 0 saturated carbocycles. The van der Waals surface area contributed by atoms with Crippen molar-refractivity contribution in [2.45, 2.75) is 13.5 Å². The normalized spacial score (nSPS) is 10.5. The summed E-state index contributed by atoms with van der Waals surface area (Å²) in [4.78, 5) is 17.1. The number of hydrogen-bond acceptors (Lipinski definition) is 4. The van der Waals surface area contributed by atoms with Crippen molar-refractivity contribution in [2.75, 3.05) is 5.32 Å². The van der Waals surface area contributed by atoms with Gasteiger partial charge in [0.2, 0.25) is 0 Å². The summed E-state index contributed by atoms with van der Waals surface area (Å²) in [6.45, 7) is 2.05. The number of aromatic nitrogens is 1. The molecule has 0 saturated heterocycles. The van der Waals surface area contributed by atoms with Gasteiger partial charge in [-0.15, -0.1) is 0 Å². The van der Waals surface area contributed by atoms with E-state index in [9.17, 15) is 13.6 Å². The first kappa shape index (κ1) is 17.0. The van der Waals surface area contributed by atoms with E-state index in [4.69, 9.17) is 0 Å². The molecular formula is C18H15F2N3OS. The topological polar surface area (TPSA) is 54.0 Å². The van der Waals surface area contributed by atoms with Gasteiger partial charge in [0.1, 0.15) is 16.5 Å². The lowest BCUT2D eigenvalue weighted by Gasteiger charge is -2.04. The molecule has 0 bridgehead atoms. The highest BCUT2D eigenvalue weighted by Crippen LogP contribution is 2.26. The Morgan fingerprint density at radius 1 is 1.04 bits per heavy atom. The Balaban J connectivity index is 1.65. The predicted octanol–water partition coefficient (Wildman–Crippen LogP) is 4.40. The molecule has 128 valence electrons. The van der Waals surface area contributed by atoms with Crippen LogP contribution in [-0.4, -0.2) is 10.9 Å². The summed E-state index contributed by atoms with van der Waals surface area (Å²) in [7, 11) is 0. The third-order valence-electron chi connectivity index (χ3n) is 3.46. The van der Waals surface area contributed by atoms with Gasteiger partial charge in [-0.2, -0.15) is 0 Å². The molecule has 1 heterocycles. The summed E-state index contributed by atoms with van der Waals surface area (Å²) in [5.74, 6) is -0.877. The van der Waals surface area contributed by atoms with Crippen LogP contribution in [0.25, 0.3) is 0 Å². The number of aryl methyl sites for hydroxylation is 1. The highest BCUT2D eigenvalue weighted by molar-refractivity contribution is 7.17. The molecule has 3 rings (SSSR count). The molecule has 0 aliphatic rings. The molecule has 0 aliphatic carbocycles. The van der Waals surface area contributed by atoms with Gasteiger partial charge >= 0.3 is 0 Å². The number of carbonyl (C=O) groups is 1. The van der Waals surface area contributed by atoms with Crippen LogP contribution in [0, 0.1) is 18.6 Å². The second kappa shape index (κ2) is 7.40. The van der Waals surface area contributed by atoms with Crippen LogP contribution in [0.2, 0.25) is 0 Å². The molecule has 0 unspecified atom stereocenters. The molecule has 1 amide bonds. The third-order valence-corrected chi connectivity index (χ3v) is 4.54. The molecular weight excluding hydrogens is 344 g/mol. The van der Waals surface area contributed by atoms with Gasteiger partial charge in [-0.1, -0.05) is 23.5 Å². The fourth-order valence-corrected chi connectivity index (χ4v) is 3.09. The van der Waals surface area contributed by atoms with E-state index in [-0.39, 0.29) is 17.5 Å². The van der Waals surface area contributed by atoms with Crippen molar-refractivity contribution in [2.24, 2.45) is 0 Å². The number of anilines is 2. The highest BCUT2D eigenvalue weighted by atomic mass is 32.1. The third kappa shape index (κ3) is 4.39. The van der Waals surface area contributed by atoms with E-state index in [0.717, 1.165) is 5.56 Å². The van der Waals surface area contributed by atoms with Crippen molar-refractivity contribution >= 4 is 28.1 Å². The maximum absolute atomic E-state index is 12.9. The van der Waals surface area contributed by atoms with Crippen LogP contribution in [0.15, 0.2) is 48.5 Å². The van der Waals surface area contributed by atoms with Crippen LogP contribution in [0.4, 0.5) is 19.6 Å².